The molecule has 7 nitrogen and oxygen atoms in total. The second-order valence-corrected chi connectivity index (χ2v) is 7.80. The Kier molecular flexibility index (Phi) is 7.20. The molecule has 0 aromatic carbocycles. The number of hydrogen-bond acceptors (Lipinski definition) is 5. The zero-order chi connectivity index (χ0) is 19.3. The summed E-state index contributed by atoms with van der Waals surface area (Å²) in [6.07, 6.45) is 0.955. The first-order valence-corrected chi connectivity index (χ1v) is 9.57. The standard InChI is InChI=1S/C19H34N6O/c1-14(2)18-20-16(4)13-17(22-18)24-9-11-25(12-10-24)19(26)21-15(3)7-8-23(5)6/h13-15H,7-12H2,1-6H3,(H,21,26). The van der Waals surface area contributed by atoms with Gasteiger partial charge in [-0.1, -0.05) is 13.8 Å². The van der Waals surface area contributed by atoms with Crippen molar-refractivity contribution in [2.75, 3.05) is 51.7 Å². The maximum Gasteiger partial charge on any atom is 0.317 e. The van der Waals surface area contributed by atoms with Gasteiger partial charge in [-0.15, -0.1) is 0 Å². The van der Waals surface area contributed by atoms with E-state index in [0.29, 0.717) is 19.0 Å². The number of urea groups is 1. The number of hydrogen-bond donors (Lipinski definition) is 1. The monoisotopic (exact) mass is 362 g/mol. The molecule has 1 N–H and O–H groups in total. The predicted molar refractivity (Wildman–Crippen MR) is 106 cm³/mol. The van der Waals surface area contributed by atoms with E-state index in [2.05, 4.69) is 40.9 Å². The van der Waals surface area contributed by atoms with Crippen LogP contribution in [0.1, 0.15) is 44.6 Å². The van der Waals surface area contributed by atoms with Gasteiger partial charge in [0.05, 0.1) is 0 Å². The lowest BCUT2D eigenvalue weighted by atomic mass is 10.2. The van der Waals surface area contributed by atoms with E-state index in [4.69, 9.17) is 4.98 Å². The van der Waals surface area contributed by atoms with Crippen LogP contribution >= 0.6 is 0 Å². The first-order valence-electron chi connectivity index (χ1n) is 9.57. The van der Waals surface area contributed by atoms with Gasteiger partial charge in [-0.05, 0) is 40.9 Å². The lowest BCUT2D eigenvalue weighted by Gasteiger charge is -2.36. The van der Waals surface area contributed by atoms with Crippen molar-refractivity contribution < 1.29 is 4.79 Å². The van der Waals surface area contributed by atoms with Crippen molar-refractivity contribution >= 4 is 11.8 Å². The minimum Gasteiger partial charge on any atom is -0.353 e. The van der Waals surface area contributed by atoms with Crippen LogP contribution in [-0.4, -0.2) is 78.7 Å². The molecule has 1 atom stereocenters. The van der Waals surface area contributed by atoms with Crippen molar-refractivity contribution in [2.45, 2.75) is 46.1 Å². The molecule has 1 aromatic rings. The van der Waals surface area contributed by atoms with Crippen LogP contribution in [0.15, 0.2) is 6.07 Å². The molecule has 2 amide bonds. The maximum absolute atomic E-state index is 12.5. The van der Waals surface area contributed by atoms with Gasteiger partial charge in [-0.3, -0.25) is 0 Å². The molecule has 7 heteroatoms. The molecule has 2 rings (SSSR count). The molecule has 1 fully saturated rings. The van der Waals surface area contributed by atoms with Crippen LogP contribution in [0, 0.1) is 6.92 Å². The number of aromatic nitrogens is 2. The minimum absolute atomic E-state index is 0.0395. The van der Waals surface area contributed by atoms with E-state index >= 15 is 0 Å². The van der Waals surface area contributed by atoms with Gasteiger partial charge in [0.15, 0.2) is 0 Å². The summed E-state index contributed by atoms with van der Waals surface area (Å²) in [4.78, 5) is 28.0. The number of nitrogens with zero attached hydrogens (tertiary/aromatic N) is 5. The first-order chi connectivity index (χ1) is 12.3. The van der Waals surface area contributed by atoms with Crippen LogP contribution in [0.5, 0.6) is 0 Å². The van der Waals surface area contributed by atoms with Crippen molar-refractivity contribution in [2.24, 2.45) is 0 Å². The van der Waals surface area contributed by atoms with E-state index in [0.717, 1.165) is 43.4 Å². The smallest absolute Gasteiger partial charge is 0.317 e. The molecule has 0 saturated carbocycles. The summed E-state index contributed by atoms with van der Waals surface area (Å²) in [5.74, 6) is 2.17. The fourth-order valence-electron chi connectivity index (χ4n) is 2.96. The van der Waals surface area contributed by atoms with Crippen LogP contribution in [0.2, 0.25) is 0 Å². The number of amides is 2. The molecule has 1 aliphatic heterocycles. The van der Waals surface area contributed by atoms with E-state index < -0.39 is 0 Å². The van der Waals surface area contributed by atoms with E-state index in [1.165, 1.54) is 0 Å². The van der Waals surface area contributed by atoms with Gasteiger partial charge in [0.2, 0.25) is 0 Å². The molecule has 1 aromatic heterocycles. The Morgan fingerprint density at radius 3 is 2.42 bits per heavy atom. The summed E-state index contributed by atoms with van der Waals surface area (Å²) >= 11 is 0. The quantitative estimate of drug-likeness (QED) is 0.839. The van der Waals surface area contributed by atoms with Crippen molar-refractivity contribution in [3.8, 4) is 0 Å². The van der Waals surface area contributed by atoms with Crippen LogP contribution < -0.4 is 10.2 Å². The highest BCUT2D eigenvalue weighted by Gasteiger charge is 2.23. The first kappa shape index (κ1) is 20.4. The third kappa shape index (κ3) is 5.83. The van der Waals surface area contributed by atoms with Crippen LogP contribution in [0.25, 0.3) is 0 Å². The summed E-state index contributed by atoms with van der Waals surface area (Å²) in [6, 6.07) is 2.25. The maximum atomic E-state index is 12.5. The van der Waals surface area contributed by atoms with E-state index in [9.17, 15) is 4.79 Å². The molecule has 0 spiro atoms. The second-order valence-electron chi connectivity index (χ2n) is 7.80. The molecule has 0 aliphatic carbocycles. The molecule has 2 heterocycles. The molecular weight excluding hydrogens is 328 g/mol. The van der Waals surface area contributed by atoms with Gasteiger partial charge < -0.3 is 20.0 Å². The highest BCUT2D eigenvalue weighted by molar-refractivity contribution is 5.74. The number of rotatable bonds is 6. The van der Waals surface area contributed by atoms with Crippen LogP contribution in [0.4, 0.5) is 10.6 Å². The Bertz CT molecular complexity index is 596. The fraction of sp³-hybridized carbons (Fsp3) is 0.737. The minimum atomic E-state index is 0.0395. The van der Waals surface area contributed by atoms with Gasteiger partial charge in [-0.25, -0.2) is 14.8 Å². The number of aryl methyl sites for hydroxylation is 1. The van der Waals surface area contributed by atoms with Gasteiger partial charge >= 0.3 is 6.03 Å². The fourth-order valence-corrected chi connectivity index (χ4v) is 2.96. The zero-order valence-corrected chi connectivity index (χ0v) is 17.1. The van der Waals surface area contributed by atoms with Gasteiger partial charge in [0.25, 0.3) is 0 Å². The van der Waals surface area contributed by atoms with E-state index in [1.807, 2.05) is 32.0 Å². The second kappa shape index (κ2) is 9.16. The SMILES string of the molecule is Cc1cc(N2CCN(C(=O)NC(C)CCN(C)C)CC2)nc(C(C)C)n1. The van der Waals surface area contributed by atoms with E-state index in [1.54, 1.807) is 0 Å². The number of anilines is 1. The Morgan fingerprint density at radius 2 is 1.85 bits per heavy atom. The topological polar surface area (TPSA) is 64.6 Å². The molecule has 146 valence electrons. The molecule has 0 radical (unpaired) electrons. The van der Waals surface area contributed by atoms with Crippen LogP contribution in [-0.2, 0) is 0 Å². The number of carbonyl (C=O) groups is 1. The normalized spacial score (nSPS) is 16.3. The summed E-state index contributed by atoms with van der Waals surface area (Å²) in [5.41, 5.74) is 0.994. The van der Waals surface area contributed by atoms with Crippen molar-refractivity contribution in [1.82, 2.24) is 25.1 Å². The lowest BCUT2D eigenvalue weighted by Crippen LogP contribution is -2.53. The Balaban J connectivity index is 1.88. The lowest BCUT2D eigenvalue weighted by molar-refractivity contribution is 0.189. The molecule has 1 saturated heterocycles. The van der Waals surface area contributed by atoms with E-state index in [-0.39, 0.29) is 12.1 Å². The zero-order valence-electron chi connectivity index (χ0n) is 17.1. The Morgan fingerprint density at radius 1 is 1.19 bits per heavy atom. The van der Waals surface area contributed by atoms with Gasteiger partial charge in [-0.2, -0.15) is 0 Å². The predicted octanol–water partition coefficient (Wildman–Crippen LogP) is 2.08. The third-order valence-electron chi connectivity index (χ3n) is 4.64. The summed E-state index contributed by atoms with van der Waals surface area (Å²) < 4.78 is 0. The van der Waals surface area contributed by atoms with Crippen molar-refractivity contribution in [3.63, 3.8) is 0 Å². The summed E-state index contributed by atoms with van der Waals surface area (Å²) in [7, 11) is 4.10. The number of nitrogens with one attached hydrogen (secondary N) is 1. The number of carbonyl (C=O) groups excluding carboxylic acids is 1. The highest BCUT2D eigenvalue weighted by Crippen LogP contribution is 2.18. The summed E-state index contributed by atoms with van der Waals surface area (Å²) in [5, 5.41) is 3.11. The highest BCUT2D eigenvalue weighted by atomic mass is 16.2. The molecule has 1 aliphatic rings. The van der Waals surface area contributed by atoms with Gasteiger partial charge in [0.1, 0.15) is 11.6 Å². The average Bonchev–Trinajstić information content (AvgIpc) is 2.59. The summed E-state index contributed by atoms with van der Waals surface area (Å²) in [6.45, 7) is 12.3. The Labute approximate surface area is 157 Å². The van der Waals surface area contributed by atoms with Gasteiger partial charge in [0, 0.05) is 49.9 Å². The molecule has 26 heavy (non-hydrogen) atoms. The molecule has 0 bridgehead atoms. The third-order valence-corrected chi connectivity index (χ3v) is 4.64. The van der Waals surface area contributed by atoms with Crippen molar-refractivity contribution in [1.29, 1.82) is 0 Å². The largest absolute Gasteiger partial charge is 0.353 e. The number of piperazine rings is 1. The average molecular weight is 363 g/mol. The molecule has 1 unspecified atom stereocenters. The van der Waals surface area contributed by atoms with Crippen molar-refractivity contribution in [3.05, 3.63) is 17.6 Å². The van der Waals surface area contributed by atoms with Crippen LogP contribution in [0.3, 0.4) is 0 Å². The molecular formula is C19H34N6O. The Hall–Kier alpha value is -1.89.